The summed E-state index contributed by atoms with van der Waals surface area (Å²) in [4.78, 5) is 64.2. The lowest BCUT2D eigenvalue weighted by Crippen LogP contribution is -2.22. The lowest BCUT2D eigenvalue weighted by molar-refractivity contribution is -0.147. The van der Waals surface area contributed by atoms with Crippen molar-refractivity contribution >= 4 is 62.1 Å². The van der Waals surface area contributed by atoms with Gasteiger partial charge < -0.3 is 19.5 Å². The number of nitrogens with one attached hydrogen (secondary N) is 2. The van der Waals surface area contributed by atoms with Gasteiger partial charge in [0.2, 0.25) is 5.91 Å². The van der Waals surface area contributed by atoms with Crippen LogP contribution in [0.3, 0.4) is 0 Å². The molecule has 0 fully saturated rings. The second-order valence-electron chi connectivity index (χ2n) is 7.22. The van der Waals surface area contributed by atoms with Crippen LogP contribution in [0.4, 0.5) is 10.8 Å². The monoisotopic (exact) mass is 513 g/mol. The van der Waals surface area contributed by atoms with Gasteiger partial charge in [-0.3, -0.25) is 19.7 Å². The van der Waals surface area contributed by atoms with Gasteiger partial charge in [0.25, 0.3) is 5.91 Å². The van der Waals surface area contributed by atoms with E-state index in [1.54, 1.807) is 37.3 Å². The molecule has 36 heavy (non-hydrogen) atoms. The molecular formula is C24H23N3O8S. The maximum Gasteiger partial charge on any atom is 0.339 e. The largest absolute Gasteiger partial charge is 0.465 e. The van der Waals surface area contributed by atoms with Crippen LogP contribution >= 0.6 is 11.3 Å². The van der Waals surface area contributed by atoms with Crippen LogP contribution in [-0.4, -0.2) is 55.0 Å². The molecule has 0 atom stereocenters. The second kappa shape index (κ2) is 12.4. The first-order chi connectivity index (χ1) is 17.3. The van der Waals surface area contributed by atoms with E-state index in [9.17, 15) is 24.0 Å². The zero-order valence-electron chi connectivity index (χ0n) is 19.5. The zero-order chi connectivity index (χ0) is 26.1. The number of benzene rings is 2. The first-order valence-corrected chi connectivity index (χ1v) is 11.6. The smallest absolute Gasteiger partial charge is 0.339 e. The van der Waals surface area contributed by atoms with Gasteiger partial charge in [-0.25, -0.2) is 14.6 Å². The number of para-hydroxylation sites is 1. The Morgan fingerprint density at radius 1 is 0.917 bits per heavy atom. The van der Waals surface area contributed by atoms with Gasteiger partial charge in [-0.1, -0.05) is 23.5 Å². The van der Waals surface area contributed by atoms with Gasteiger partial charge >= 0.3 is 17.9 Å². The summed E-state index contributed by atoms with van der Waals surface area (Å²) in [6.45, 7) is 1.41. The van der Waals surface area contributed by atoms with Crippen molar-refractivity contribution in [2.75, 3.05) is 31.0 Å². The number of rotatable bonds is 10. The van der Waals surface area contributed by atoms with Gasteiger partial charge in [0, 0.05) is 6.42 Å². The topological polar surface area (TPSA) is 150 Å². The third-order valence-electron chi connectivity index (χ3n) is 4.67. The summed E-state index contributed by atoms with van der Waals surface area (Å²) in [6, 6.07) is 11.1. The van der Waals surface area contributed by atoms with Crippen LogP contribution in [0.5, 0.6) is 0 Å². The third-order valence-corrected chi connectivity index (χ3v) is 5.61. The Hall–Kier alpha value is -4.32. The fraction of sp³-hybridized carbons (Fsp3) is 0.250. The third kappa shape index (κ3) is 7.09. The van der Waals surface area contributed by atoms with E-state index in [0.717, 1.165) is 11.3 Å². The van der Waals surface area contributed by atoms with Gasteiger partial charge in [0.15, 0.2) is 11.7 Å². The molecule has 1 aromatic heterocycles. The summed E-state index contributed by atoms with van der Waals surface area (Å²) in [5, 5.41) is 5.35. The molecule has 0 spiro atoms. The molecule has 0 saturated carbocycles. The van der Waals surface area contributed by atoms with E-state index in [2.05, 4.69) is 20.4 Å². The number of anilines is 2. The van der Waals surface area contributed by atoms with Crippen molar-refractivity contribution in [3.63, 3.8) is 0 Å². The molecule has 188 valence electrons. The van der Waals surface area contributed by atoms with Crippen molar-refractivity contribution in [2.24, 2.45) is 0 Å². The average molecular weight is 514 g/mol. The predicted molar refractivity (Wildman–Crippen MR) is 131 cm³/mol. The van der Waals surface area contributed by atoms with E-state index < -0.39 is 36.3 Å². The van der Waals surface area contributed by atoms with Crippen LogP contribution in [0.2, 0.25) is 0 Å². The molecule has 11 nitrogen and oxygen atoms in total. The van der Waals surface area contributed by atoms with E-state index in [1.807, 2.05) is 0 Å². The Kier molecular flexibility index (Phi) is 9.06. The van der Waals surface area contributed by atoms with Crippen molar-refractivity contribution < 1.29 is 38.2 Å². The molecule has 1 heterocycles. The summed E-state index contributed by atoms with van der Waals surface area (Å²) in [6.07, 6.45) is -0.478. The van der Waals surface area contributed by atoms with Crippen LogP contribution < -0.4 is 10.6 Å². The summed E-state index contributed by atoms with van der Waals surface area (Å²) < 4.78 is 15.2. The van der Waals surface area contributed by atoms with E-state index in [0.29, 0.717) is 15.8 Å². The molecule has 3 aromatic rings. The number of hydrogen-bond acceptors (Lipinski definition) is 10. The Morgan fingerprint density at radius 3 is 2.44 bits per heavy atom. The van der Waals surface area contributed by atoms with Gasteiger partial charge in [-0.15, -0.1) is 0 Å². The highest BCUT2D eigenvalue weighted by molar-refractivity contribution is 7.22. The normalized spacial score (nSPS) is 10.4. The van der Waals surface area contributed by atoms with Crippen molar-refractivity contribution in [3.8, 4) is 0 Å². The standard InChI is InChI=1S/C24H23N3O8S/c1-3-34-22(31)14-8-9-17-18(12-14)36-24(26-17)27-20(29)13-35-21(30)11-10-19(28)25-16-7-5-4-6-15(16)23(32)33-2/h4-9,12H,3,10-11,13H2,1-2H3,(H,25,28)(H,26,27,29). The fourth-order valence-electron chi connectivity index (χ4n) is 3.00. The van der Waals surface area contributed by atoms with E-state index in [4.69, 9.17) is 9.47 Å². The molecule has 12 heteroatoms. The number of carbonyl (C=O) groups excluding carboxylic acids is 5. The summed E-state index contributed by atoms with van der Waals surface area (Å²) >= 11 is 1.15. The molecule has 3 rings (SSSR count). The molecule has 0 saturated heterocycles. The second-order valence-corrected chi connectivity index (χ2v) is 8.25. The van der Waals surface area contributed by atoms with Gasteiger partial charge in [-0.2, -0.15) is 0 Å². The fourth-order valence-corrected chi connectivity index (χ4v) is 3.92. The van der Waals surface area contributed by atoms with Crippen LogP contribution in [-0.2, 0) is 28.6 Å². The zero-order valence-corrected chi connectivity index (χ0v) is 20.3. The number of methoxy groups -OCH3 is 1. The van der Waals surface area contributed by atoms with Crippen LogP contribution in [0.1, 0.15) is 40.5 Å². The molecule has 0 aliphatic rings. The molecule has 0 unspecified atom stereocenters. The first-order valence-electron chi connectivity index (χ1n) is 10.8. The minimum atomic E-state index is -0.745. The summed E-state index contributed by atoms with van der Waals surface area (Å²) in [5.74, 6) is -2.92. The molecule has 2 amide bonds. The summed E-state index contributed by atoms with van der Waals surface area (Å²) in [7, 11) is 1.23. The minimum Gasteiger partial charge on any atom is -0.465 e. The molecule has 2 N–H and O–H groups in total. The number of amides is 2. The van der Waals surface area contributed by atoms with Gasteiger partial charge in [0.05, 0.1) is 47.2 Å². The SMILES string of the molecule is CCOC(=O)c1ccc2nc(NC(=O)COC(=O)CCC(=O)Nc3ccccc3C(=O)OC)sc2c1. The highest BCUT2D eigenvalue weighted by atomic mass is 32.1. The van der Waals surface area contributed by atoms with Gasteiger partial charge in [-0.05, 0) is 37.3 Å². The number of esters is 3. The number of ether oxygens (including phenoxy) is 3. The van der Waals surface area contributed by atoms with Crippen molar-refractivity contribution in [2.45, 2.75) is 19.8 Å². The Labute approximate surface area is 209 Å². The highest BCUT2D eigenvalue weighted by Gasteiger charge is 2.16. The van der Waals surface area contributed by atoms with E-state index >= 15 is 0 Å². The van der Waals surface area contributed by atoms with E-state index in [1.165, 1.54) is 19.2 Å². The number of thiazole rings is 1. The molecule has 2 aromatic carbocycles. The Balaban J connectivity index is 1.45. The molecule has 0 radical (unpaired) electrons. The number of hydrogen-bond donors (Lipinski definition) is 2. The molecule has 0 aliphatic heterocycles. The number of nitrogens with zero attached hydrogens (tertiary/aromatic N) is 1. The maximum atomic E-state index is 12.2. The lowest BCUT2D eigenvalue weighted by Gasteiger charge is -2.09. The maximum absolute atomic E-state index is 12.2. The molecule has 0 bridgehead atoms. The van der Waals surface area contributed by atoms with Crippen molar-refractivity contribution in [1.82, 2.24) is 4.98 Å². The number of carbonyl (C=O) groups is 5. The Morgan fingerprint density at radius 2 is 1.69 bits per heavy atom. The molecular weight excluding hydrogens is 490 g/mol. The Bertz CT molecular complexity index is 1300. The lowest BCUT2D eigenvalue weighted by atomic mass is 10.1. The van der Waals surface area contributed by atoms with Crippen molar-refractivity contribution in [3.05, 3.63) is 53.6 Å². The van der Waals surface area contributed by atoms with Crippen LogP contribution in [0.25, 0.3) is 10.2 Å². The minimum absolute atomic E-state index is 0.180. The number of fused-ring (bicyclic) bond motifs is 1. The predicted octanol–water partition coefficient (Wildman–Crippen LogP) is 3.16. The summed E-state index contributed by atoms with van der Waals surface area (Å²) in [5.41, 5.74) is 1.39. The van der Waals surface area contributed by atoms with Crippen LogP contribution in [0.15, 0.2) is 42.5 Å². The van der Waals surface area contributed by atoms with E-state index in [-0.39, 0.29) is 35.8 Å². The quantitative estimate of drug-likeness (QED) is 0.308. The highest BCUT2D eigenvalue weighted by Crippen LogP contribution is 2.27. The number of aromatic nitrogens is 1. The van der Waals surface area contributed by atoms with Gasteiger partial charge in [0.1, 0.15) is 0 Å². The molecule has 0 aliphatic carbocycles. The first kappa shape index (κ1) is 26.3. The van der Waals surface area contributed by atoms with Crippen LogP contribution in [0, 0.1) is 0 Å². The average Bonchev–Trinajstić information content (AvgIpc) is 3.27. The van der Waals surface area contributed by atoms with Crippen molar-refractivity contribution in [1.29, 1.82) is 0 Å².